The number of esters is 2. The Morgan fingerprint density at radius 1 is 1.16 bits per heavy atom. The molecule has 8 atom stereocenters. The minimum absolute atomic E-state index is 0.0345. The maximum atomic E-state index is 13.6. The van der Waals surface area contributed by atoms with Gasteiger partial charge in [0, 0.05) is 47.3 Å². The number of ether oxygens (including phenoxy) is 3. The Hall–Kier alpha value is -3.69. The highest BCUT2D eigenvalue weighted by atomic mass is 35.5. The zero-order valence-electron chi connectivity index (χ0n) is 26.0. The number of hydrogen-bond donors (Lipinski definition) is 1. The van der Waals surface area contributed by atoms with Crippen molar-refractivity contribution < 1.29 is 33.3 Å². The van der Waals surface area contributed by atoms with Crippen molar-refractivity contribution in [3.8, 4) is 17.1 Å². The van der Waals surface area contributed by atoms with Gasteiger partial charge in [-0.3, -0.25) is 9.78 Å². The van der Waals surface area contributed by atoms with Gasteiger partial charge in [-0.15, -0.1) is 0 Å². The number of rotatable bonds is 5. The van der Waals surface area contributed by atoms with Crippen LogP contribution in [0.1, 0.15) is 75.9 Å². The number of carbonyl (C=O) groups is 2. The zero-order chi connectivity index (χ0) is 32.3. The molecule has 10 heteroatoms. The molecule has 238 valence electrons. The number of pyridine rings is 1. The molecule has 2 aromatic heterocycles. The molecule has 3 aliphatic rings. The summed E-state index contributed by atoms with van der Waals surface area (Å²) in [6.45, 7) is 9.75. The number of aliphatic hydroxyl groups is 1. The van der Waals surface area contributed by atoms with Crippen molar-refractivity contribution in [3.63, 3.8) is 0 Å². The third-order valence-corrected chi connectivity index (χ3v) is 11.2. The van der Waals surface area contributed by atoms with Crippen molar-refractivity contribution >= 4 is 23.5 Å². The van der Waals surface area contributed by atoms with E-state index in [1.54, 1.807) is 54.9 Å². The van der Waals surface area contributed by atoms with Gasteiger partial charge in [0.2, 0.25) is 0 Å². The smallest absolute Gasteiger partial charge is 0.345 e. The van der Waals surface area contributed by atoms with Crippen LogP contribution in [0.2, 0.25) is 5.02 Å². The van der Waals surface area contributed by atoms with Gasteiger partial charge in [0.1, 0.15) is 28.8 Å². The van der Waals surface area contributed by atoms with E-state index in [1.165, 1.54) is 6.92 Å². The van der Waals surface area contributed by atoms with E-state index < -0.39 is 46.2 Å². The molecule has 0 bridgehead atoms. The summed E-state index contributed by atoms with van der Waals surface area (Å²) in [5.74, 6) is -1.23. The highest BCUT2D eigenvalue weighted by molar-refractivity contribution is 6.30. The summed E-state index contributed by atoms with van der Waals surface area (Å²) in [5, 5.41) is 12.6. The van der Waals surface area contributed by atoms with Gasteiger partial charge in [0.25, 0.3) is 0 Å². The molecular weight excluding hydrogens is 598 g/mol. The highest BCUT2D eigenvalue weighted by Crippen LogP contribution is 2.68. The summed E-state index contributed by atoms with van der Waals surface area (Å²) in [7, 11) is 0. The Kier molecular flexibility index (Phi) is 7.85. The summed E-state index contributed by atoms with van der Waals surface area (Å²) in [6.07, 6.45) is 2.97. The number of aromatic nitrogens is 1. The second kappa shape index (κ2) is 11.3. The Labute approximate surface area is 266 Å². The average Bonchev–Trinajstić information content (AvgIpc) is 2.99. The number of hydrogen-bond acceptors (Lipinski definition) is 9. The van der Waals surface area contributed by atoms with Crippen LogP contribution >= 0.6 is 11.6 Å². The van der Waals surface area contributed by atoms with Crippen molar-refractivity contribution in [2.75, 3.05) is 6.61 Å². The first-order chi connectivity index (χ1) is 21.3. The number of benzene rings is 1. The lowest BCUT2D eigenvalue weighted by Crippen LogP contribution is -2.70. The molecule has 3 heterocycles. The third kappa shape index (κ3) is 5.14. The molecule has 3 aromatic rings. The van der Waals surface area contributed by atoms with Crippen LogP contribution < -0.4 is 10.4 Å². The average molecular weight is 636 g/mol. The van der Waals surface area contributed by atoms with Gasteiger partial charge in [-0.2, -0.15) is 0 Å². The van der Waals surface area contributed by atoms with Crippen LogP contribution in [0.3, 0.4) is 0 Å². The number of aliphatic hydroxyl groups excluding tert-OH is 1. The molecule has 0 radical (unpaired) electrons. The van der Waals surface area contributed by atoms with Crippen LogP contribution in [0.4, 0.5) is 0 Å². The fraction of sp³-hybridized carbons (Fsp3) is 0.486. The maximum absolute atomic E-state index is 13.6. The second-order valence-electron chi connectivity index (χ2n) is 13.6. The first kappa shape index (κ1) is 31.3. The lowest BCUT2D eigenvalue weighted by atomic mass is 9.41. The number of fused-ring (bicyclic) bond motifs is 4. The first-order valence-corrected chi connectivity index (χ1v) is 15.7. The van der Waals surface area contributed by atoms with Gasteiger partial charge in [0.15, 0.2) is 0 Å². The monoisotopic (exact) mass is 635 g/mol. The fourth-order valence-electron chi connectivity index (χ4n) is 8.51. The Morgan fingerprint density at radius 2 is 1.93 bits per heavy atom. The summed E-state index contributed by atoms with van der Waals surface area (Å²) < 4.78 is 24.4. The normalized spacial score (nSPS) is 33.5. The highest BCUT2D eigenvalue weighted by Gasteiger charge is 2.70. The van der Waals surface area contributed by atoms with E-state index in [-0.39, 0.29) is 47.0 Å². The maximum Gasteiger partial charge on any atom is 0.345 e. The molecular formula is C35H38ClNO8. The predicted octanol–water partition coefficient (Wildman–Crippen LogP) is 6.41. The quantitative estimate of drug-likeness (QED) is 0.317. The molecule has 45 heavy (non-hydrogen) atoms. The lowest BCUT2D eigenvalue weighted by molar-refractivity contribution is -0.257. The molecule has 0 amide bonds. The largest absolute Gasteiger partial charge is 0.482 e. The van der Waals surface area contributed by atoms with Crippen LogP contribution in [0.25, 0.3) is 11.3 Å². The molecule has 3 unspecified atom stereocenters. The van der Waals surface area contributed by atoms with E-state index in [2.05, 4.69) is 25.8 Å². The Balaban J connectivity index is 1.50. The number of nitrogens with zero attached hydrogens (tertiary/aromatic N) is 1. The summed E-state index contributed by atoms with van der Waals surface area (Å²) >= 11 is 6.20. The van der Waals surface area contributed by atoms with E-state index in [0.29, 0.717) is 17.0 Å². The van der Waals surface area contributed by atoms with Gasteiger partial charge < -0.3 is 23.7 Å². The van der Waals surface area contributed by atoms with Crippen molar-refractivity contribution in [1.82, 2.24) is 4.98 Å². The van der Waals surface area contributed by atoms with E-state index in [0.717, 1.165) is 12.8 Å². The molecule has 2 fully saturated rings. The second-order valence-corrected chi connectivity index (χ2v) is 14.0. The summed E-state index contributed by atoms with van der Waals surface area (Å²) in [5.41, 5.74) is -2.17. The van der Waals surface area contributed by atoms with Crippen LogP contribution in [-0.2, 0) is 14.3 Å². The minimum atomic E-state index is -1.29. The Morgan fingerprint density at radius 3 is 2.62 bits per heavy atom. The molecule has 1 aromatic carbocycles. The molecule has 1 aliphatic heterocycles. The summed E-state index contributed by atoms with van der Waals surface area (Å²) in [4.78, 5) is 43.3. The molecule has 1 N–H and O–H groups in total. The van der Waals surface area contributed by atoms with Crippen molar-refractivity contribution in [2.24, 2.45) is 28.6 Å². The van der Waals surface area contributed by atoms with Gasteiger partial charge >= 0.3 is 17.6 Å². The standard InChI is InChI=1S/C35H38ClNO8/c1-19-11-12-33(3)26(34(19,4)18-42-20(2)38)16-27(44-31(40)21-8-6-10-23(36)14-21)35(5)30(33)29(39)28-25(45-35)15-24(43-32(28)41)22-9-7-13-37-17-22/h6-10,13-15,17,19,26-27,29-30,39H,11-12,16,18H2,1-5H3/t19-,26?,27-,29-,30?,33-,34?,35+/m0/s1. The van der Waals surface area contributed by atoms with Gasteiger partial charge in [0.05, 0.1) is 18.3 Å². The number of halogens is 1. The fourth-order valence-corrected chi connectivity index (χ4v) is 8.70. The topological polar surface area (TPSA) is 125 Å². The SMILES string of the molecule is CC(=O)OCC1(C)C2C[C@H](OC(=O)c3cccc(Cl)c3)[C@@]3(C)Oc4cc(-c5cccnc5)oc(=O)c4[C@H](O)C3[C@@]2(C)CC[C@@H]1C. The zero-order valence-corrected chi connectivity index (χ0v) is 26.8. The lowest BCUT2D eigenvalue weighted by Gasteiger charge is -2.66. The van der Waals surface area contributed by atoms with E-state index in [9.17, 15) is 19.5 Å². The van der Waals surface area contributed by atoms with Gasteiger partial charge in [-0.25, -0.2) is 9.59 Å². The Bertz CT molecular complexity index is 1690. The van der Waals surface area contributed by atoms with Crippen LogP contribution in [-0.4, -0.2) is 40.3 Å². The van der Waals surface area contributed by atoms with Gasteiger partial charge in [-0.05, 0) is 73.8 Å². The molecule has 6 rings (SSSR count). The van der Waals surface area contributed by atoms with Crippen molar-refractivity contribution in [3.05, 3.63) is 81.4 Å². The molecule has 0 saturated heterocycles. The van der Waals surface area contributed by atoms with Gasteiger partial charge in [-0.1, -0.05) is 38.4 Å². The minimum Gasteiger partial charge on any atom is -0.482 e. The molecule has 2 aliphatic carbocycles. The van der Waals surface area contributed by atoms with Crippen molar-refractivity contribution in [2.45, 2.75) is 71.7 Å². The van der Waals surface area contributed by atoms with Crippen LogP contribution in [0, 0.1) is 28.6 Å². The van der Waals surface area contributed by atoms with Crippen molar-refractivity contribution in [1.29, 1.82) is 0 Å². The van der Waals surface area contributed by atoms with Crippen LogP contribution in [0.15, 0.2) is 64.1 Å². The van der Waals surface area contributed by atoms with E-state index in [1.807, 2.05) is 6.92 Å². The first-order valence-electron chi connectivity index (χ1n) is 15.3. The van der Waals surface area contributed by atoms with Crippen LogP contribution in [0.5, 0.6) is 5.75 Å². The summed E-state index contributed by atoms with van der Waals surface area (Å²) in [6, 6.07) is 11.6. The number of carbonyl (C=O) groups excluding carboxylic acids is 2. The van der Waals surface area contributed by atoms with E-state index in [4.69, 9.17) is 30.2 Å². The third-order valence-electron chi connectivity index (χ3n) is 11.0. The molecule has 2 saturated carbocycles. The van der Waals surface area contributed by atoms with E-state index >= 15 is 0 Å². The molecule has 9 nitrogen and oxygen atoms in total. The predicted molar refractivity (Wildman–Crippen MR) is 166 cm³/mol. The molecule has 0 spiro atoms.